The Morgan fingerprint density at radius 2 is 2.07 bits per heavy atom. The van der Waals surface area contributed by atoms with Crippen LogP contribution >= 0.6 is 0 Å². The molecule has 0 spiro atoms. The van der Waals surface area contributed by atoms with Crippen molar-refractivity contribution < 1.29 is 18.3 Å². The average Bonchev–Trinajstić information content (AvgIpc) is 2.66. The highest BCUT2D eigenvalue weighted by Gasteiger charge is 2.24. The van der Waals surface area contributed by atoms with E-state index in [2.05, 4.69) is 20.6 Å². The molecule has 0 atom stereocenters. The first-order valence-electron chi connectivity index (χ1n) is 9.16. The number of pyridine rings is 2. The third-order valence-electron chi connectivity index (χ3n) is 4.25. The number of aromatic nitrogens is 2. The molecule has 2 rings (SSSR count). The zero-order chi connectivity index (χ0) is 20.7. The average molecular weight is 410 g/mol. The molecule has 0 bridgehead atoms. The summed E-state index contributed by atoms with van der Waals surface area (Å²) in [5.41, 5.74) is 0.656. The minimum Gasteiger partial charge on any atom is -0.504 e. The molecule has 2 heterocycles. The minimum atomic E-state index is -3.63. The molecule has 0 aromatic carbocycles. The summed E-state index contributed by atoms with van der Waals surface area (Å²) in [7, 11) is -2.18. The normalized spacial score (nSPS) is 11.5. The van der Waals surface area contributed by atoms with E-state index >= 15 is 0 Å². The number of hydrogen-bond acceptors (Lipinski definition) is 7. The molecule has 0 aliphatic carbocycles. The molecule has 0 aliphatic heterocycles. The first kappa shape index (κ1) is 21.8. The molecular formula is C18H27N5O4S. The largest absolute Gasteiger partial charge is 0.504 e. The van der Waals surface area contributed by atoms with Crippen LogP contribution in [0.3, 0.4) is 0 Å². The summed E-state index contributed by atoms with van der Waals surface area (Å²) in [6.07, 6.45) is 2.51. The van der Waals surface area contributed by atoms with E-state index in [9.17, 15) is 18.3 Å². The van der Waals surface area contributed by atoms with E-state index in [1.807, 2.05) is 6.92 Å². The van der Waals surface area contributed by atoms with Crippen LogP contribution in [0.5, 0.6) is 5.75 Å². The predicted octanol–water partition coefficient (Wildman–Crippen LogP) is 1.13. The molecule has 2 aromatic heterocycles. The van der Waals surface area contributed by atoms with Gasteiger partial charge in [-0.05, 0) is 31.5 Å². The molecule has 0 aliphatic rings. The number of nitrogens with one attached hydrogen (secondary N) is 2. The van der Waals surface area contributed by atoms with Crippen molar-refractivity contribution in [2.45, 2.75) is 33.2 Å². The summed E-state index contributed by atoms with van der Waals surface area (Å²) in [4.78, 5) is 19.5. The van der Waals surface area contributed by atoms with Crippen molar-refractivity contribution in [1.82, 2.24) is 20.6 Å². The van der Waals surface area contributed by atoms with Gasteiger partial charge in [-0.1, -0.05) is 6.92 Å². The molecule has 0 saturated carbocycles. The number of nitrogens with zero attached hydrogens (tertiary/aromatic N) is 3. The Morgan fingerprint density at radius 1 is 1.32 bits per heavy atom. The number of amides is 1. The molecule has 0 saturated heterocycles. The Kier molecular flexibility index (Phi) is 7.53. The Morgan fingerprint density at radius 3 is 2.75 bits per heavy atom. The van der Waals surface area contributed by atoms with Crippen LogP contribution in [0.1, 0.15) is 32.4 Å². The van der Waals surface area contributed by atoms with Gasteiger partial charge >= 0.3 is 0 Å². The van der Waals surface area contributed by atoms with Gasteiger partial charge in [-0.2, -0.15) is 0 Å². The predicted molar refractivity (Wildman–Crippen MR) is 109 cm³/mol. The van der Waals surface area contributed by atoms with E-state index < -0.39 is 10.0 Å². The highest BCUT2D eigenvalue weighted by Crippen LogP contribution is 2.33. The zero-order valence-corrected chi connectivity index (χ0v) is 17.2. The highest BCUT2D eigenvalue weighted by atomic mass is 32.2. The van der Waals surface area contributed by atoms with Crippen molar-refractivity contribution in [3.05, 3.63) is 24.0 Å². The molecule has 28 heavy (non-hydrogen) atoms. The fourth-order valence-electron chi connectivity index (χ4n) is 2.70. The Bertz CT molecular complexity index is 933. The molecule has 0 unspecified atom stereocenters. The quantitative estimate of drug-likeness (QED) is 0.502. The summed E-state index contributed by atoms with van der Waals surface area (Å²) < 4.78 is 26.7. The van der Waals surface area contributed by atoms with Crippen molar-refractivity contribution in [1.29, 1.82) is 0 Å². The Hall–Kier alpha value is -2.46. The zero-order valence-electron chi connectivity index (χ0n) is 16.4. The molecule has 2 aromatic rings. The summed E-state index contributed by atoms with van der Waals surface area (Å²) in [6.45, 7) is 4.76. The maximum Gasteiger partial charge on any atom is 0.236 e. The maximum absolute atomic E-state index is 12.8. The van der Waals surface area contributed by atoms with Crippen LogP contribution in [0, 0.1) is 0 Å². The van der Waals surface area contributed by atoms with Crippen molar-refractivity contribution >= 4 is 32.7 Å². The van der Waals surface area contributed by atoms with Gasteiger partial charge in [-0.3, -0.25) is 14.1 Å². The molecule has 9 nitrogen and oxygen atoms in total. The number of carbonyl (C=O) groups excluding carboxylic acids is 1. The molecule has 154 valence electrons. The van der Waals surface area contributed by atoms with Gasteiger partial charge in [-0.25, -0.2) is 13.4 Å². The van der Waals surface area contributed by atoms with Gasteiger partial charge in [0.25, 0.3) is 0 Å². The van der Waals surface area contributed by atoms with Crippen LogP contribution in [-0.4, -0.2) is 55.3 Å². The van der Waals surface area contributed by atoms with Crippen LogP contribution in [0.4, 0.5) is 5.82 Å². The van der Waals surface area contributed by atoms with E-state index in [0.717, 1.165) is 4.31 Å². The molecule has 0 radical (unpaired) electrons. The van der Waals surface area contributed by atoms with Crippen LogP contribution in [0.15, 0.2) is 18.3 Å². The Balaban J connectivity index is 2.29. The summed E-state index contributed by atoms with van der Waals surface area (Å²) in [5.74, 6) is -0.0341. The number of anilines is 1. The first-order valence-corrected chi connectivity index (χ1v) is 10.8. The third-order valence-corrected chi connectivity index (χ3v) is 6.06. The fourth-order valence-corrected chi connectivity index (χ4v) is 3.95. The van der Waals surface area contributed by atoms with Crippen molar-refractivity contribution in [2.75, 3.05) is 30.2 Å². The summed E-state index contributed by atoms with van der Waals surface area (Å²) in [5, 5.41) is 16.7. The lowest BCUT2D eigenvalue weighted by molar-refractivity contribution is -0.118. The number of aromatic hydroxyl groups is 1. The topological polar surface area (TPSA) is 125 Å². The van der Waals surface area contributed by atoms with Gasteiger partial charge in [0, 0.05) is 38.6 Å². The van der Waals surface area contributed by atoms with Crippen LogP contribution in [0.2, 0.25) is 0 Å². The first-order chi connectivity index (χ1) is 13.3. The minimum absolute atomic E-state index is 0.0543. The molecule has 3 N–H and O–H groups in total. The number of rotatable bonds is 10. The molecular weight excluding hydrogens is 382 g/mol. The summed E-state index contributed by atoms with van der Waals surface area (Å²) >= 11 is 0. The van der Waals surface area contributed by atoms with Gasteiger partial charge in [0.05, 0.1) is 5.75 Å². The monoisotopic (exact) mass is 409 g/mol. The van der Waals surface area contributed by atoms with Crippen molar-refractivity contribution in [2.24, 2.45) is 0 Å². The third kappa shape index (κ3) is 5.29. The van der Waals surface area contributed by atoms with Gasteiger partial charge in [-0.15, -0.1) is 0 Å². The lowest BCUT2D eigenvalue weighted by atomic mass is 10.2. The standard InChI is InChI=1S/C18H27N5O4S/c1-4-19-12-15-17(25)16-14(8-7-10-21-16)18(22-15)23(3)28(26,27)11-6-5-9-20-13(2)24/h7-8,10,19,25H,4-6,9,11-12H2,1-3H3,(H,20,24). The lowest BCUT2D eigenvalue weighted by Gasteiger charge is -2.21. The highest BCUT2D eigenvalue weighted by molar-refractivity contribution is 7.92. The Labute approximate surface area is 165 Å². The van der Waals surface area contributed by atoms with E-state index in [-0.39, 0.29) is 23.2 Å². The maximum atomic E-state index is 12.8. The molecule has 0 fully saturated rings. The number of fused-ring (bicyclic) bond motifs is 1. The number of sulfonamides is 1. The van der Waals surface area contributed by atoms with Gasteiger partial charge in [0.1, 0.15) is 11.2 Å². The SMILES string of the molecule is CCNCc1nc(N(C)S(=O)(=O)CCCCNC(C)=O)c2cccnc2c1O. The van der Waals surface area contributed by atoms with E-state index in [1.54, 1.807) is 18.3 Å². The van der Waals surface area contributed by atoms with Crippen LogP contribution in [-0.2, 0) is 21.4 Å². The second-order valence-corrected chi connectivity index (χ2v) is 8.50. The fraction of sp³-hybridized carbons (Fsp3) is 0.500. The molecule has 10 heteroatoms. The van der Waals surface area contributed by atoms with Crippen LogP contribution in [0.25, 0.3) is 10.9 Å². The number of unbranched alkanes of at least 4 members (excludes halogenated alkanes) is 1. The van der Waals surface area contributed by atoms with Gasteiger partial charge in [0.2, 0.25) is 15.9 Å². The van der Waals surface area contributed by atoms with Crippen molar-refractivity contribution in [3.8, 4) is 5.75 Å². The van der Waals surface area contributed by atoms with E-state index in [4.69, 9.17) is 0 Å². The number of hydrogen-bond donors (Lipinski definition) is 3. The smallest absolute Gasteiger partial charge is 0.236 e. The second-order valence-electron chi connectivity index (χ2n) is 6.38. The number of carbonyl (C=O) groups is 1. The second kappa shape index (κ2) is 9.65. The van der Waals surface area contributed by atoms with Gasteiger partial charge < -0.3 is 15.7 Å². The molecule has 1 amide bonds. The van der Waals surface area contributed by atoms with Crippen molar-refractivity contribution in [3.63, 3.8) is 0 Å². The van der Waals surface area contributed by atoms with Gasteiger partial charge in [0.15, 0.2) is 11.6 Å². The lowest BCUT2D eigenvalue weighted by Crippen LogP contribution is -2.31. The van der Waals surface area contributed by atoms with Crippen LogP contribution < -0.4 is 14.9 Å². The summed E-state index contributed by atoms with van der Waals surface area (Å²) in [6, 6.07) is 3.36. The van der Waals surface area contributed by atoms with E-state index in [1.165, 1.54) is 14.0 Å². The van der Waals surface area contributed by atoms with E-state index in [0.29, 0.717) is 49.1 Å².